The van der Waals surface area contributed by atoms with Gasteiger partial charge in [-0.15, -0.1) is 0 Å². The van der Waals surface area contributed by atoms with E-state index in [9.17, 15) is 13.6 Å². The molecule has 2 heterocycles. The van der Waals surface area contributed by atoms with E-state index >= 15 is 0 Å². The van der Waals surface area contributed by atoms with Crippen LogP contribution in [0.25, 0.3) is 0 Å². The van der Waals surface area contributed by atoms with E-state index in [1.54, 1.807) is 18.2 Å². The van der Waals surface area contributed by atoms with Gasteiger partial charge in [-0.05, 0) is 23.8 Å². The smallest absolute Gasteiger partial charge is 0.254 e. The summed E-state index contributed by atoms with van der Waals surface area (Å²) in [5, 5.41) is 2.60. The number of hydrogen-bond acceptors (Lipinski definition) is 4. The molecular weight excluding hydrogens is 328 g/mol. The van der Waals surface area contributed by atoms with Crippen molar-refractivity contribution in [3.8, 4) is 11.6 Å². The third kappa shape index (κ3) is 4.35. The lowest BCUT2D eigenvalue weighted by molar-refractivity contribution is 0.0946. The van der Waals surface area contributed by atoms with Crippen molar-refractivity contribution in [1.82, 2.24) is 15.3 Å². The van der Waals surface area contributed by atoms with E-state index in [1.165, 1.54) is 36.7 Å². The molecule has 0 saturated carbocycles. The number of aromatic nitrogens is 2. The second-order valence-electron chi connectivity index (χ2n) is 5.10. The average molecular weight is 341 g/mol. The maximum absolute atomic E-state index is 13.5. The molecule has 1 aromatic carbocycles. The second-order valence-corrected chi connectivity index (χ2v) is 5.10. The summed E-state index contributed by atoms with van der Waals surface area (Å²) >= 11 is 0. The zero-order chi connectivity index (χ0) is 17.6. The van der Waals surface area contributed by atoms with Gasteiger partial charge in [0.05, 0.1) is 11.8 Å². The Labute approximate surface area is 142 Å². The summed E-state index contributed by atoms with van der Waals surface area (Å²) in [4.78, 5) is 19.6. The molecule has 0 fully saturated rings. The van der Waals surface area contributed by atoms with Crippen LogP contribution >= 0.6 is 0 Å². The quantitative estimate of drug-likeness (QED) is 0.772. The van der Waals surface area contributed by atoms with Crippen LogP contribution in [0.4, 0.5) is 8.78 Å². The van der Waals surface area contributed by atoms with Gasteiger partial charge in [-0.3, -0.25) is 9.78 Å². The normalized spacial score (nSPS) is 10.3. The van der Waals surface area contributed by atoms with Crippen LogP contribution in [0.2, 0.25) is 0 Å². The van der Waals surface area contributed by atoms with Crippen molar-refractivity contribution in [2.75, 3.05) is 0 Å². The number of hydrogen-bond donors (Lipinski definition) is 1. The lowest BCUT2D eigenvalue weighted by Gasteiger charge is -2.07. The zero-order valence-corrected chi connectivity index (χ0v) is 12.9. The molecule has 126 valence electrons. The average Bonchev–Trinajstić information content (AvgIpc) is 2.61. The van der Waals surface area contributed by atoms with E-state index in [2.05, 4.69) is 15.3 Å². The van der Waals surface area contributed by atoms with Crippen LogP contribution in [0.3, 0.4) is 0 Å². The van der Waals surface area contributed by atoms with E-state index in [0.717, 1.165) is 6.20 Å². The van der Waals surface area contributed by atoms with Crippen LogP contribution in [0.1, 0.15) is 15.9 Å². The van der Waals surface area contributed by atoms with Crippen LogP contribution < -0.4 is 10.1 Å². The predicted octanol–water partition coefficient (Wildman–Crippen LogP) is 3.48. The van der Waals surface area contributed by atoms with Gasteiger partial charge in [0, 0.05) is 31.1 Å². The molecule has 0 unspecified atom stereocenters. The Kier molecular flexibility index (Phi) is 4.94. The summed E-state index contributed by atoms with van der Waals surface area (Å²) in [6.07, 6.45) is 3.84. The fraction of sp³-hybridized carbons (Fsp3) is 0.0556. The minimum atomic E-state index is -0.683. The molecule has 0 aliphatic rings. The van der Waals surface area contributed by atoms with E-state index in [1.807, 2.05) is 0 Å². The van der Waals surface area contributed by atoms with Gasteiger partial charge < -0.3 is 10.1 Å². The number of carbonyl (C=O) groups excluding carboxylic acids is 1. The molecule has 2 aromatic heterocycles. The van der Waals surface area contributed by atoms with Crippen molar-refractivity contribution in [2.45, 2.75) is 6.54 Å². The first-order valence-electron chi connectivity index (χ1n) is 7.38. The molecule has 0 bridgehead atoms. The maximum atomic E-state index is 13.5. The Morgan fingerprint density at radius 1 is 1.12 bits per heavy atom. The molecule has 0 aliphatic carbocycles. The number of halogens is 2. The molecule has 3 aromatic rings. The Bertz CT molecular complexity index is 885. The number of rotatable bonds is 5. The first-order valence-corrected chi connectivity index (χ1v) is 7.38. The molecular formula is C18H13F2N3O2. The molecule has 25 heavy (non-hydrogen) atoms. The Morgan fingerprint density at radius 2 is 2.00 bits per heavy atom. The van der Waals surface area contributed by atoms with Gasteiger partial charge in [0.1, 0.15) is 11.6 Å². The largest absolute Gasteiger partial charge is 0.439 e. The van der Waals surface area contributed by atoms with Gasteiger partial charge in [0.15, 0.2) is 5.82 Å². The number of carbonyl (C=O) groups is 1. The van der Waals surface area contributed by atoms with Crippen molar-refractivity contribution < 1.29 is 18.3 Å². The van der Waals surface area contributed by atoms with Gasteiger partial charge in [-0.25, -0.2) is 13.8 Å². The van der Waals surface area contributed by atoms with E-state index < -0.39 is 17.5 Å². The topological polar surface area (TPSA) is 64.1 Å². The highest BCUT2D eigenvalue weighted by Gasteiger charge is 2.10. The van der Waals surface area contributed by atoms with Gasteiger partial charge in [-0.1, -0.05) is 12.1 Å². The SMILES string of the molecule is O=C(NCc1ccc(Oc2cccc(F)c2)nc1)c1ccncc1F. The van der Waals surface area contributed by atoms with Crippen molar-refractivity contribution >= 4 is 5.91 Å². The van der Waals surface area contributed by atoms with Crippen molar-refractivity contribution in [2.24, 2.45) is 0 Å². The number of ether oxygens (including phenoxy) is 1. The first-order chi connectivity index (χ1) is 12.1. The molecule has 3 rings (SSSR count). The third-order valence-electron chi connectivity index (χ3n) is 3.29. The monoisotopic (exact) mass is 341 g/mol. The second kappa shape index (κ2) is 7.48. The Balaban J connectivity index is 1.59. The van der Waals surface area contributed by atoms with E-state index in [0.29, 0.717) is 17.2 Å². The molecule has 0 aliphatic heterocycles. The van der Waals surface area contributed by atoms with Crippen molar-refractivity contribution in [1.29, 1.82) is 0 Å². The summed E-state index contributed by atoms with van der Waals surface area (Å²) in [5.41, 5.74) is 0.628. The lowest BCUT2D eigenvalue weighted by Crippen LogP contribution is -2.23. The molecule has 0 atom stereocenters. The number of nitrogens with zero attached hydrogens (tertiary/aromatic N) is 2. The third-order valence-corrected chi connectivity index (χ3v) is 3.29. The molecule has 0 saturated heterocycles. The fourth-order valence-electron chi connectivity index (χ4n) is 2.06. The van der Waals surface area contributed by atoms with Gasteiger partial charge >= 0.3 is 0 Å². The molecule has 7 heteroatoms. The number of nitrogens with one attached hydrogen (secondary N) is 1. The van der Waals surface area contributed by atoms with Crippen LogP contribution in [0.5, 0.6) is 11.6 Å². The highest BCUT2D eigenvalue weighted by atomic mass is 19.1. The van der Waals surface area contributed by atoms with Gasteiger partial charge in [0.25, 0.3) is 5.91 Å². The van der Waals surface area contributed by atoms with E-state index in [4.69, 9.17) is 4.74 Å². The van der Waals surface area contributed by atoms with Crippen LogP contribution in [0.15, 0.2) is 61.1 Å². The lowest BCUT2D eigenvalue weighted by atomic mass is 10.2. The van der Waals surface area contributed by atoms with Crippen molar-refractivity contribution in [3.63, 3.8) is 0 Å². The molecule has 5 nitrogen and oxygen atoms in total. The van der Waals surface area contributed by atoms with Crippen LogP contribution in [-0.2, 0) is 6.54 Å². The fourth-order valence-corrected chi connectivity index (χ4v) is 2.06. The summed E-state index contributed by atoms with van der Waals surface area (Å²) in [5.74, 6) is -1.00. The van der Waals surface area contributed by atoms with E-state index in [-0.39, 0.29) is 12.1 Å². The maximum Gasteiger partial charge on any atom is 0.254 e. The Hall–Kier alpha value is -3.35. The highest BCUT2D eigenvalue weighted by molar-refractivity contribution is 5.94. The van der Waals surface area contributed by atoms with Crippen LogP contribution in [-0.4, -0.2) is 15.9 Å². The van der Waals surface area contributed by atoms with Gasteiger partial charge in [-0.2, -0.15) is 0 Å². The molecule has 0 spiro atoms. The minimum absolute atomic E-state index is 0.0750. The minimum Gasteiger partial charge on any atom is -0.439 e. The van der Waals surface area contributed by atoms with Gasteiger partial charge in [0.2, 0.25) is 5.88 Å². The number of amides is 1. The van der Waals surface area contributed by atoms with Crippen LogP contribution in [0, 0.1) is 11.6 Å². The molecule has 1 N–H and O–H groups in total. The summed E-state index contributed by atoms with van der Waals surface area (Å²) in [7, 11) is 0. The zero-order valence-electron chi connectivity index (χ0n) is 12.9. The summed E-state index contributed by atoms with van der Waals surface area (Å²) < 4.78 is 32.0. The summed E-state index contributed by atoms with van der Waals surface area (Å²) in [6, 6.07) is 10.3. The highest BCUT2D eigenvalue weighted by Crippen LogP contribution is 2.20. The predicted molar refractivity (Wildman–Crippen MR) is 86.1 cm³/mol. The standard InChI is InChI=1S/C18H13F2N3O2/c19-13-2-1-3-14(8-13)25-17-5-4-12(9-22-17)10-23-18(24)15-6-7-21-11-16(15)20/h1-9,11H,10H2,(H,23,24). The number of benzene rings is 1. The Morgan fingerprint density at radius 3 is 2.72 bits per heavy atom. The summed E-state index contributed by atoms with van der Waals surface area (Å²) in [6.45, 7) is 0.174. The molecule has 1 amide bonds. The number of pyridine rings is 2. The first kappa shape index (κ1) is 16.5. The molecule has 0 radical (unpaired) electrons. The van der Waals surface area contributed by atoms with Crippen molar-refractivity contribution in [3.05, 3.63) is 83.8 Å².